The Morgan fingerprint density at radius 3 is 2.38 bits per heavy atom. The standard InChI is InChI=1S/C13H9F3O4S/c14-13(15,16)20-9-3-1-8(2-4-9)6-19-10-5-11(12(17)18)21-7-10/h1-5,7H,6H2,(H,17,18). The van der Waals surface area contributed by atoms with Crippen LogP contribution in [0.5, 0.6) is 11.5 Å². The Morgan fingerprint density at radius 1 is 1.19 bits per heavy atom. The molecule has 112 valence electrons. The third kappa shape index (κ3) is 4.67. The lowest BCUT2D eigenvalue weighted by Crippen LogP contribution is -2.17. The molecule has 0 amide bonds. The zero-order valence-corrected chi connectivity index (χ0v) is 11.2. The Hall–Kier alpha value is -2.22. The number of ether oxygens (including phenoxy) is 2. The number of hydrogen-bond donors (Lipinski definition) is 1. The Kier molecular flexibility index (Phi) is 4.37. The molecule has 1 heterocycles. The van der Waals surface area contributed by atoms with Crippen molar-refractivity contribution >= 4 is 17.3 Å². The lowest BCUT2D eigenvalue weighted by atomic mass is 10.2. The highest BCUT2D eigenvalue weighted by molar-refractivity contribution is 7.12. The molecule has 0 saturated carbocycles. The number of carboxylic acid groups (broad SMARTS) is 1. The van der Waals surface area contributed by atoms with E-state index in [0.717, 1.165) is 11.3 Å². The summed E-state index contributed by atoms with van der Waals surface area (Å²) in [6.45, 7) is 0.113. The first kappa shape index (κ1) is 15.2. The van der Waals surface area contributed by atoms with Crippen molar-refractivity contribution in [2.45, 2.75) is 13.0 Å². The fraction of sp³-hybridized carbons (Fsp3) is 0.154. The number of benzene rings is 1. The van der Waals surface area contributed by atoms with Gasteiger partial charge in [0, 0.05) is 11.4 Å². The summed E-state index contributed by atoms with van der Waals surface area (Å²) in [4.78, 5) is 10.8. The molecule has 0 spiro atoms. The molecule has 0 unspecified atom stereocenters. The van der Waals surface area contributed by atoms with Crippen LogP contribution >= 0.6 is 11.3 Å². The molecule has 0 atom stereocenters. The van der Waals surface area contributed by atoms with Gasteiger partial charge in [-0.2, -0.15) is 0 Å². The minimum Gasteiger partial charge on any atom is -0.488 e. The van der Waals surface area contributed by atoms with Gasteiger partial charge < -0.3 is 14.6 Å². The van der Waals surface area contributed by atoms with Crippen molar-refractivity contribution in [1.82, 2.24) is 0 Å². The average Bonchev–Trinajstić information content (AvgIpc) is 2.85. The normalized spacial score (nSPS) is 11.2. The predicted octanol–water partition coefficient (Wildman–Crippen LogP) is 3.92. The summed E-state index contributed by atoms with van der Waals surface area (Å²) in [5.74, 6) is -0.952. The zero-order chi connectivity index (χ0) is 15.5. The molecule has 2 rings (SSSR count). The Labute approximate surface area is 121 Å². The highest BCUT2D eigenvalue weighted by Crippen LogP contribution is 2.24. The highest BCUT2D eigenvalue weighted by atomic mass is 32.1. The van der Waals surface area contributed by atoms with Crippen LogP contribution in [-0.4, -0.2) is 17.4 Å². The summed E-state index contributed by atoms with van der Waals surface area (Å²) < 4.78 is 45.0. The van der Waals surface area contributed by atoms with E-state index in [1.807, 2.05) is 0 Å². The van der Waals surface area contributed by atoms with E-state index in [1.165, 1.54) is 30.3 Å². The van der Waals surface area contributed by atoms with E-state index in [9.17, 15) is 18.0 Å². The van der Waals surface area contributed by atoms with Crippen molar-refractivity contribution in [1.29, 1.82) is 0 Å². The first-order chi connectivity index (χ1) is 9.83. The predicted molar refractivity (Wildman–Crippen MR) is 68.7 cm³/mol. The van der Waals surface area contributed by atoms with Crippen LogP contribution in [0.2, 0.25) is 0 Å². The average molecular weight is 318 g/mol. The summed E-state index contributed by atoms with van der Waals surface area (Å²) in [7, 11) is 0. The monoisotopic (exact) mass is 318 g/mol. The van der Waals surface area contributed by atoms with Crippen molar-refractivity contribution in [3.05, 3.63) is 46.2 Å². The van der Waals surface area contributed by atoms with E-state index < -0.39 is 12.3 Å². The lowest BCUT2D eigenvalue weighted by Gasteiger charge is -2.09. The van der Waals surface area contributed by atoms with Crippen molar-refractivity contribution in [2.75, 3.05) is 0 Å². The maximum Gasteiger partial charge on any atom is 0.573 e. The van der Waals surface area contributed by atoms with Gasteiger partial charge in [-0.25, -0.2) is 4.79 Å². The Morgan fingerprint density at radius 2 is 1.86 bits per heavy atom. The maximum atomic E-state index is 12.0. The third-order valence-electron chi connectivity index (χ3n) is 2.35. The van der Waals surface area contributed by atoms with Gasteiger partial charge in [0.2, 0.25) is 0 Å². The first-order valence-electron chi connectivity index (χ1n) is 5.63. The van der Waals surface area contributed by atoms with Gasteiger partial charge >= 0.3 is 12.3 Å². The van der Waals surface area contributed by atoms with Crippen LogP contribution < -0.4 is 9.47 Å². The maximum absolute atomic E-state index is 12.0. The smallest absolute Gasteiger partial charge is 0.488 e. The summed E-state index contributed by atoms with van der Waals surface area (Å²) in [5, 5.41) is 10.3. The van der Waals surface area contributed by atoms with Gasteiger partial charge in [-0.15, -0.1) is 24.5 Å². The fourth-order valence-corrected chi connectivity index (χ4v) is 2.12. The Balaban J connectivity index is 1.92. The number of carbonyl (C=O) groups is 1. The van der Waals surface area contributed by atoms with Crippen LogP contribution in [0, 0.1) is 0 Å². The number of thiophene rings is 1. The zero-order valence-electron chi connectivity index (χ0n) is 10.4. The molecular formula is C13H9F3O4S. The van der Waals surface area contributed by atoms with E-state index in [0.29, 0.717) is 11.3 Å². The van der Waals surface area contributed by atoms with Gasteiger partial charge in [0.1, 0.15) is 23.0 Å². The number of carboxylic acids is 1. The molecule has 0 fully saturated rings. The minimum absolute atomic E-state index is 0.113. The molecular weight excluding hydrogens is 309 g/mol. The quantitative estimate of drug-likeness (QED) is 0.907. The second-order valence-corrected chi connectivity index (χ2v) is 4.84. The molecule has 1 N–H and O–H groups in total. The van der Waals surface area contributed by atoms with Crippen molar-refractivity contribution in [3.63, 3.8) is 0 Å². The number of aromatic carboxylic acids is 1. The summed E-state index contributed by atoms with van der Waals surface area (Å²) in [6.07, 6.45) is -4.72. The van der Waals surface area contributed by atoms with Crippen LogP contribution in [0.1, 0.15) is 15.2 Å². The first-order valence-corrected chi connectivity index (χ1v) is 6.51. The summed E-state index contributed by atoms with van der Waals surface area (Å²) in [5.41, 5.74) is 0.632. The van der Waals surface area contributed by atoms with Gasteiger partial charge in [-0.3, -0.25) is 0 Å². The SMILES string of the molecule is O=C(O)c1cc(OCc2ccc(OC(F)(F)F)cc2)cs1. The molecule has 0 aliphatic carbocycles. The van der Waals surface area contributed by atoms with Crippen molar-refractivity contribution in [2.24, 2.45) is 0 Å². The molecule has 0 saturated heterocycles. The van der Waals surface area contributed by atoms with E-state index >= 15 is 0 Å². The molecule has 4 nitrogen and oxygen atoms in total. The number of rotatable bonds is 5. The molecule has 0 bridgehead atoms. The van der Waals surface area contributed by atoms with Crippen LogP contribution in [0.4, 0.5) is 13.2 Å². The lowest BCUT2D eigenvalue weighted by molar-refractivity contribution is -0.274. The largest absolute Gasteiger partial charge is 0.573 e. The summed E-state index contributed by atoms with van der Waals surface area (Å²) >= 11 is 1.03. The fourth-order valence-electron chi connectivity index (χ4n) is 1.46. The topological polar surface area (TPSA) is 55.8 Å². The third-order valence-corrected chi connectivity index (χ3v) is 3.25. The van der Waals surface area contributed by atoms with Crippen molar-refractivity contribution < 1.29 is 32.5 Å². The second-order valence-electron chi connectivity index (χ2n) is 3.93. The summed E-state index contributed by atoms with van der Waals surface area (Å²) in [6, 6.07) is 6.62. The number of hydrogen-bond acceptors (Lipinski definition) is 4. The highest BCUT2D eigenvalue weighted by Gasteiger charge is 2.30. The van der Waals surface area contributed by atoms with E-state index in [2.05, 4.69) is 4.74 Å². The molecule has 0 aliphatic rings. The minimum atomic E-state index is -4.72. The van der Waals surface area contributed by atoms with Gasteiger partial charge in [-0.1, -0.05) is 12.1 Å². The number of halogens is 3. The van der Waals surface area contributed by atoms with Gasteiger partial charge in [0.25, 0.3) is 0 Å². The molecule has 0 aliphatic heterocycles. The van der Waals surface area contributed by atoms with Crippen LogP contribution in [0.15, 0.2) is 35.7 Å². The van der Waals surface area contributed by atoms with Crippen molar-refractivity contribution in [3.8, 4) is 11.5 Å². The van der Waals surface area contributed by atoms with Gasteiger partial charge in [-0.05, 0) is 17.7 Å². The molecule has 21 heavy (non-hydrogen) atoms. The van der Waals surface area contributed by atoms with E-state index in [-0.39, 0.29) is 17.2 Å². The van der Waals surface area contributed by atoms with E-state index in [1.54, 1.807) is 5.38 Å². The van der Waals surface area contributed by atoms with Crippen LogP contribution in [0.3, 0.4) is 0 Å². The van der Waals surface area contributed by atoms with Crippen LogP contribution in [-0.2, 0) is 6.61 Å². The molecule has 0 radical (unpaired) electrons. The second kappa shape index (κ2) is 6.04. The molecule has 8 heteroatoms. The number of alkyl halides is 3. The molecule has 1 aromatic heterocycles. The van der Waals surface area contributed by atoms with Gasteiger partial charge in [0.05, 0.1) is 0 Å². The molecule has 1 aromatic carbocycles. The molecule has 2 aromatic rings. The van der Waals surface area contributed by atoms with Gasteiger partial charge in [0.15, 0.2) is 0 Å². The van der Waals surface area contributed by atoms with Crippen LogP contribution in [0.25, 0.3) is 0 Å². The van der Waals surface area contributed by atoms with E-state index in [4.69, 9.17) is 9.84 Å². The Bertz CT molecular complexity index is 619.